The Kier molecular flexibility index (Phi) is 6.53. The maximum absolute atomic E-state index is 12.0. The minimum atomic E-state index is -0.0868. The molecule has 1 amide bonds. The van der Waals surface area contributed by atoms with Gasteiger partial charge in [-0.15, -0.1) is 0 Å². The first kappa shape index (κ1) is 15.7. The summed E-state index contributed by atoms with van der Waals surface area (Å²) in [5.74, 6) is 0.107. The molecule has 0 saturated heterocycles. The van der Waals surface area contributed by atoms with Gasteiger partial charge in [0.2, 0.25) is 5.91 Å². The molecule has 2 N–H and O–H groups in total. The Bertz CT molecular complexity index is 381. The molecule has 0 saturated carbocycles. The van der Waals surface area contributed by atoms with Gasteiger partial charge in [-0.2, -0.15) is 0 Å². The molecule has 106 valence electrons. The first-order valence-corrected chi connectivity index (χ1v) is 6.61. The molecule has 0 aliphatic heterocycles. The number of amides is 1. The van der Waals surface area contributed by atoms with Crippen LogP contribution in [0.5, 0.6) is 0 Å². The van der Waals surface area contributed by atoms with E-state index in [1.807, 2.05) is 37.3 Å². The number of likely N-dealkylation sites (N-methyl/N-ethyl adjacent to an activating group) is 1. The Balaban J connectivity index is 2.42. The number of nitrogens with two attached hydrogens (primary N) is 1. The number of carbonyl (C=O) groups is 1. The molecule has 4 heteroatoms. The van der Waals surface area contributed by atoms with Crippen molar-refractivity contribution in [2.75, 3.05) is 20.8 Å². The SMILES string of the molecule is COCC(C)N(C)C(=O)CCC(N)c1ccccc1. The summed E-state index contributed by atoms with van der Waals surface area (Å²) in [6.07, 6.45) is 1.12. The van der Waals surface area contributed by atoms with Crippen molar-refractivity contribution in [2.24, 2.45) is 5.73 Å². The maximum Gasteiger partial charge on any atom is 0.222 e. The average molecular weight is 264 g/mol. The second-order valence-electron chi connectivity index (χ2n) is 4.86. The van der Waals surface area contributed by atoms with E-state index in [2.05, 4.69) is 0 Å². The largest absolute Gasteiger partial charge is 0.383 e. The first-order chi connectivity index (χ1) is 9.06. The third kappa shape index (κ3) is 5.01. The van der Waals surface area contributed by atoms with Crippen LogP contribution in [-0.4, -0.2) is 37.6 Å². The third-order valence-electron chi connectivity index (χ3n) is 3.36. The van der Waals surface area contributed by atoms with E-state index in [1.54, 1.807) is 19.1 Å². The zero-order chi connectivity index (χ0) is 14.3. The quantitative estimate of drug-likeness (QED) is 0.819. The lowest BCUT2D eigenvalue weighted by Gasteiger charge is -2.25. The van der Waals surface area contributed by atoms with Crippen molar-refractivity contribution >= 4 is 5.91 Å². The monoisotopic (exact) mass is 264 g/mol. The number of ether oxygens (including phenoxy) is 1. The molecule has 0 heterocycles. The zero-order valence-electron chi connectivity index (χ0n) is 12.0. The molecule has 19 heavy (non-hydrogen) atoms. The van der Waals surface area contributed by atoms with Gasteiger partial charge in [-0.05, 0) is 18.9 Å². The van der Waals surface area contributed by atoms with E-state index >= 15 is 0 Å². The number of carbonyl (C=O) groups excluding carboxylic acids is 1. The Morgan fingerprint density at radius 3 is 2.58 bits per heavy atom. The van der Waals surface area contributed by atoms with E-state index in [9.17, 15) is 4.79 Å². The van der Waals surface area contributed by atoms with Crippen LogP contribution in [-0.2, 0) is 9.53 Å². The van der Waals surface area contributed by atoms with Gasteiger partial charge >= 0.3 is 0 Å². The van der Waals surface area contributed by atoms with Crippen molar-refractivity contribution < 1.29 is 9.53 Å². The standard InChI is InChI=1S/C15H24N2O2/c1-12(11-19-3)17(2)15(18)10-9-14(16)13-7-5-4-6-8-13/h4-8,12,14H,9-11,16H2,1-3H3. The Morgan fingerprint density at radius 1 is 1.37 bits per heavy atom. The van der Waals surface area contributed by atoms with Gasteiger partial charge in [0.25, 0.3) is 0 Å². The van der Waals surface area contributed by atoms with Crippen LogP contribution < -0.4 is 5.73 Å². The summed E-state index contributed by atoms with van der Waals surface area (Å²) in [7, 11) is 3.44. The van der Waals surface area contributed by atoms with Crippen LogP contribution in [0.3, 0.4) is 0 Å². The van der Waals surface area contributed by atoms with Gasteiger partial charge in [0.1, 0.15) is 0 Å². The molecule has 0 spiro atoms. The molecular weight excluding hydrogens is 240 g/mol. The van der Waals surface area contributed by atoms with Crippen LogP contribution >= 0.6 is 0 Å². The fourth-order valence-corrected chi connectivity index (χ4v) is 1.92. The van der Waals surface area contributed by atoms with Crippen LogP contribution in [0.4, 0.5) is 0 Å². The van der Waals surface area contributed by atoms with Gasteiger partial charge in [0.15, 0.2) is 0 Å². The molecular formula is C15H24N2O2. The summed E-state index contributed by atoms with van der Waals surface area (Å²) in [6.45, 7) is 2.52. The predicted molar refractivity (Wildman–Crippen MR) is 76.7 cm³/mol. The second-order valence-corrected chi connectivity index (χ2v) is 4.86. The normalized spacial score (nSPS) is 13.9. The van der Waals surface area contributed by atoms with Crippen LogP contribution in [0.15, 0.2) is 30.3 Å². The van der Waals surface area contributed by atoms with Crippen molar-refractivity contribution in [3.63, 3.8) is 0 Å². The van der Waals surface area contributed by atoms with Crippen molar-refractivity contribution in [1.29, 1.82) is 0 Å². The summed E-state index contributed by atoms with van der Waals surface area (Å²) in [5.41, 5.74) is 7.15. The highest BCUT2D eigenvalue weighted by Crippen LogP contribution is 2.16. The smallest absolute Gasteiger partial charge is 0.222 e. The van der Waals surface area contributed by atoms with Gasteiger partial charge in [-0.25, -0.2) is 0 Å². The second kappa shape index (κ2) is 7.92. The molecule has 0 fully saturated rings. The highest BCUT2D eigenvalue weighted by Gasteiger charge is 2.16. The molecule has 1 rings (SSSR count). The topological polar surface area (TPSA) is 55.6 Å². The average Bonchev–Trinajstić information content (AvgIpc) is 2.44. The summed E-state index contributed by atoms with van der Waals surface area (Å²) in [6, 6.07) is 9.87. The van der Waals surface area contributed by atoms with Gasteiger partial charge in [0.05, 0.1) is 12.6 Å². The Labute approximate surface area is 115 Å². The zero-order valence-corrected chi connectivity index (χ0v) is 12.0. The number of hydrogen-bond donors (Lipinski definition) is 1. The summed E-state index contributed by atoms with van der Waals surface area (Å²) >= 11 is 0. The minimum absolute atomic E-state index is 0.0868. The Morgan fingerprint density at radius 2 is 2.00 bits per heavy atom. The molecule has 0 aromatic heterocycles. The van der Waals surface area contributed by atoms with Gasteiger partial charge in [-0.1, -0.05) is 30.3 Å². The number of hydrogen-bond acceptors (Lipinski definition) is 3. The first-order valence-electron chi connectivity index (χ1n) is 6.61. The van der Waals surface area contributed by atoms with E-state index in [1.165, 1.54) is 0 Å². The molecule has 2 unspecified atom stereocenters. The molecule has 0 aliphatic rings. The number of rotatable bonds is 7. The number of nitrogens with zero attached hydrogens (tertiary/aromatic N) is 1. The van der Waals surface area contributed by atoms with Gasteiger partial charge in [-0.3, -0.25) is 4.79 Å². The van der Waals surface area contributed by atoms with Crippen LogP contribution in [0, 0.1) is 0 Å². The summed E-state index contributed by atoms with van der Waals surface area (Å²) in [5, 5.41) is 0. The van der Waals surface area contributed by atoms with Crippen molar-refractivity contribution in [3.05, 3.63) is 35.9 Å². The van der Waals surface area contributed by atoms with Crippen LogP contribution in [0.25, 0.3) is 0 Å². The fraction of sp³-hybridized carbons (Fsp3) is 0.533. The van der Waals surface area contributed by atoms with Crippen LogP contribution in [0.1, 0.15) is 31.4 Å². The highest BCUT2D eigenvalue weighted by molar-refractivity contribution is 5.76. The predicted octanol–water partition coefficient (Wildman–Crippen LogP) is 1.96. The lowest BCUT2D eigenvalue weighted by molar-refractivity contribution is -0.132. The molecule has 0 bridgehead atoms. The lowest BCUT2D eigenvalue weighted by atomic mass is 10.0. The third-order valence-corrected chi connectivity index (χ3v) is 3.36. The van der Waals surface area contributed by atoms with Gasteiger partial charge < -0.3 is 15.4 Å². The minimum Gasteiger partial charge on any atom is -0.383 e. The molecule has 1 aromatic carbocycles. The molecule has 0 aliphatic carbocycles. The molecule has 1 aromatic rings. The highest BCUT2D eigenvalue weighted by atomic mass is 16.5. The van der Waals surface area contributed by atoms with Crippen molar-refractivity contribution in [2.45, 2.75) is 31.8 Å². The molecule has 2 atom stereocenters. The van der Waals surface area contributed by atoms with Crippen LogP contribution in [0.2, 0.25) is 0 Å². The maximum atomic E-state index is 12.0. The summed E-state index contributed by atoms with van der Waals surface area (Å²) in [4.78, 5) is 13.7. The van der Waals surface area contributed by atoms with E-state index in [-0.39, 0.29) is 18.0 Å². The summed E-state index contributed by atoms with van der Waals surface area (Å²) < 4.78 is 5.05. The Hall–Kier alpha value is -1.39. The van der Waals surface area contributed by atoms with E-state index in [0.29, 0.717) is 19.4 Å². The van der Waals surface area contributed by atoms with E-state index in [0.717, 1.165) is 5.56 Å². The molecule has 0 radical (unpaired) electrons. The number of methoxy groups -OCH3 is 1. The van der Waals surface area contributed by atoms with E-state index in [4.69, 9.17) is 10.5 Å². The lowest BCUT2D eigenvalue weighted by Crippen LogP contribution is -2.38. The van der Waals surface area contributed by atoms with Crippen molar-refractivity contribution in [3.8, 4) is 0 Å². The molecule has 4 nitrogen and oxygen atoms in total. The van der Waals surface area contributed by atoms with E-state index < -0.39 is 0 Å². The fourth-order valence-electron chi connectivity index (χ4n) is 1.92. The van der Waals surface area contributed by atoms with Gasteiger partial charge in [0, 0.05) is 26.6 Å². The number of benzene rings is 1. The van der Waals surface area contributed by atoms with Crippen molar-refractivity contribution in [1.82, 2.24) is 4.90 Å².